The van der Waals surface area contributed by atoms with Crippen LogP contribution in [0.2, 0.25) is 0 Å². The van der Waals surface area contributed by atoms with E-state index in [-0.39, 0.29) is 5.91 Å². The fourth-order valence-electron chi connectivity index (χ4n) is 4.16. The lowest BCUT2D eigenvalue weighted by atomic mass is 9.99. The molecule has 2 fully saturated rings. The number of benzene rings is 1. The molecule has 1 amide bonds. The minimum absolute atomic E-state index is 0.248. The first kappa shape index (κ1) is 17.4. The largest absolute Gasteiger partial charge is 0.312 e. The van der Waals surface area contributed by atoms with Crippen LogP contribution in [0.1, 0.15) is 38.2 Å². The first-order valence-electron chi connectivity index (χ1n) is 9.51. The fourth-order valence-corrected chi connectivity index (χ4v) is 4.16. The van der Waals surface area contributed by atoms with Crippen LogP contribution in [0.25, 0.3) is 0 Å². The number of piperidine rings is 1. The molecule has 0 N–H and O–H groups in total. The van der Waals surface area contributed by atoms with Gasteiger partial charge in [-0.1, -0.05) is 24.6 Å². The van der Waals surface area contributed by atoms with E-state index in [1.165, 1.54) is 37.9 Å². The van der Waals surface area contributed by atoms with E-state index in [0.717, 1.165) is 37.9 Å². The molecule has 0 aromatic heterocycles. The Bertz CT molecular complexity index is 560. The number of rotatable bonds is 5. The van der Waals surface area contributed by atoms with E-state index < -0.39 is 0 Å². The molecule has 24 heavy (non-hydrogen) atoms. The average Bonchev–Trinajstić information content (AvgIpc) is 2.62. The predicted molar refractivity (Wildman–Crippen MR) is 99.5 cm³/mol. The topological polar surface area (TPSA) is 26.8 Å². The van der Waals surface area contributed by atoms with E-state index in [4.69, 9.17) is 0 Å². The summed E-state index contributed by atoms with van der Waals surface area (Å²) in [4.78, 5) is 19.8. The van der Waals surface area contributed by atoms with Crippen molar-refractivity contribution < 1.29 is 4.79 Å². The minimum Gasteiger partial charge on any atom is -0.312 e. The molecule has 2 aliphatic heterocycles. The quantitative estimate of drug-likeness (QED) is 0.831. The zero-order valence-corrected chi connectivity index (χ0v) is 15.2. The average molecular weight is 329 g/mol. The summed E-state index contributed by atoms with van der Waals surface area (Å²) in [6.45, 7) is 10.5. The number of nitrogens with zero attached hydrogens (tertiary/aromatic N) is 3. The lowest BCUT2D eigenvalue weighted by Crippen LogP contribution is -2.55. The van der Waals surface area contributed by atoms with Gasteiger partial charge in [-0.25, -0.2) is 0 Å². The third-order valence-electron chi connectivity index (χ3n) is 5.59. The molecule has 1 aromatic rings. The summed E-state index contributed by atoms with van der Waals surface area (Å²) >= 11 is 0. The van der Waals surface area contributed by atoms with Crippen LogP contribution in [-0.2, 0) is 4.79 Å². The number of amides is 1. The Kier molecular flexibility index (Phi) is 5.90. The number of fused-ring (bicyclic) bond motifs is 1. The maximum absolute atomic E-state index is 12.7. The van der Waals surface area contributed by atoms with Crippen LogP contribution in [0.3, 0.4) is 0 Å². The van der Waals surface area contributed by atoms with E-state index in [1.807, 2.05) is 17.0 Å². The number of piperazine rings is 1. The zero-order valence-electron chi connectivity index (χ0n) is 15.2. The van der Waals surface area contributed by atoms with Crippen LogP contribution in [0.4, 0.5) is 5.69 Å². The van der Waals surface area contributed by atoms with Gasteiger partial charge in [0.05, 0.1) is 0 Å². The normalized spacial score (nSPS) is 22.2. The number of hydrogen-bond donors (Lipinski definition) is 0. The molecule has 0 radical (unpaired) electrons. The van der Waals surface area contributed by atoms with Crippen molar-refractivity contribution >= 4 is 11.6 Å². The molecule has 2 aliphatic rings. The van der Waals surface area contributed by atoms with Gasteiger partial charge in [0.25, 0.3) is 0 Å². The molecule has 0 spiro atoms. The Morgan fingerprint density at radius 3 is 2.83 bits per heavy atom. The highest BCUT2D eigenvalue weighted by Crippen LogP contribution is 2.22. The third-order valence-corrected chi connectivity index (χ3v) is 5.59. The van der Waals surface area contributed by atoms with Crippen molar-refractivity contribution in [3.8, 4) is 0 Å². The van der Waals surface area contributed by atoms with E-state index in [9.17, 15) is 4.79 Å². The molecule has 4 nitrogen and oxygen atoms in total. The SMILES string of the molecule is CCN(C(=O)CCN1CCN2CCCC[C@@H]2C1)c1ccccc1C. The molecule has 3 rings (SSSR count). The standard InChI is InChI=1S/C20H31N3O/c1-3-23(19-10-5-4-8-17(19)2)20(24)11-13-21-14-15-22-12-7-6-9-18(22)16-21/h4-5,8,10,18H,3,6-7,9,11-16H2,1-2H3/t18-/m1/s1. The molecule has 0 saturated carbocycles. The second kappa shape index (κ2) is 8.13. The highest BCUT2D eigenvalue weighted by Gasteiger charge is 2.29. The van der Waals surface area contributed by atoms with E-state index >= 15 is 0 Å². The van der Waals surface area contributed by atoms with Crippen molar-refractivity contribution in [3.63, 3.8) is 0 Å². The molecule has 0 aliphatic carbocycles. The van der Waals surface area contributed by atoms with Gasteiger partial charge in [0.2, 0.25) is 5.91 Å². The van der Waals surface area contributed by atoms with Crippen molar-refractivity contribution in [3.05, 3.63) is 29.8 Å². The van der Waals surface area contributed by atoms with Gasteiger partial charge in [0, 0.05) is 50.9 Å². The molecule has 2 saturated heterocycles. The summed E-state index contributed by atoms with van der Waals surface area (Å²) in [6.07, 6.45) is 4.67. The Morgan fingerprint density at radius 1 is 1.21 bits per heavy atom. The van der Waals surface area contributed by atoms with Gasteiger partial charge in [0.15, 0.2) is 0 Å². The molecule has 2 heterocycles. The van der Waals surface area contributed by atoms with Gasteiger partial charge in [-0.15, -0.1) is 0 Å². The van der Waals surface area contributed by atoms with Crippen molar-refractivity contribution in [1.82, 2.24) is 9.80 Å². The van der Waals surface area contributed by atoms with Gasteiger partial charge in [-0.3, -0.25) is 14.6 Å². The summed E-state index contributed by atoms with van der Waals surface area (Å²) in [5, 5.41) is 0. The number of para-hydroxylation sites is 1. The van der Waals surface area contributed by atoms with Crippen LogP contribution < -0.4 is 4.90 Å². The summed E-state index contributed by atoms with van der Waals surface area (Å²) in [5.74, 6) is 0.248. The molecular formula is C20H31N3O. The van der Waals surface area contributed by atoms with Gasteiger partial charge in [0.1, 0.15) is 0 Å². The summed E-state index contributed by atoms with van der Waals surface area (Å²) < 4.78 is 0. The molecular weight excluding hydrogens is 298 g/mol. The molecule has 4 heteroatoms. The maximum Gasteiger partial charge on any atom is 0.228 e. The lowest BCUT2D eigenvalue weighted by Gasteiger charge is -2.44. The number of hydrogen-bond acceptors (Lipinski definition) is 3. The zero-order chi connectivity index (χ0) is 16.9. The second-order valence-electron chi connectivity index (χ2n) is 7.16. The number of aryl methyl sites for hydroxylation is 1. The fraction of sp³-hybridized carbons (Fsp3) is 0.650. The third kappa shape index (κ3) is 3.98. The van der Waals surface area contributed by atoms with Gasteiger partial charge < -0.3 is 4.90 Å². The molecule has 1 atom stereocenters. The highest BCUT2D eigenvalue weighted by atomic mass is 16.2. The van der Waals surface area contributed by atoms with Crippen LogP contribution in [0.15, 0.2) is 24.3 Å². The van der Waals surface area contributed by atoms with Crippen molar-refractivity contribution in [2.75, 3.05) is 44.2 Å². The van der Waals surface area contributed by atoms with Gasteiger partial charge >= 0.3 is 0 Å². The van der Waals surface area contributed by atoms with E-state index in [1.54, 1.807) is 0 Å². The summed E-state index contributed by atoms with van der Waals surface area (Å²) in [5.41, 5.74) is 2.23. The predicted octanol–water partition coefficient (Wildman–Crippen LogP) is 2.91. The Morgan fingerprint density at radius 2 is 2.04 bits per heavy atom. The van der Waals surface area contributed by atoms with Crippen molar-refractivity contribution in [2.24, 2.45) is 0 Å². The molecule has 132 valence electrons. The lowest BCUT2D eigenvalue weighted by molar-refractivity contribution is -0.119. The first-order valence-corrected chi connectivity index (χ1v) is 9.51. The number of anilines is 1. The molecule has 1 aromatic carbocycles. The first-order chi connectivity index (χ1) is 11.7. The van der Waals surface area contributed by atoms with Crippen molar-refractivity contribution in [1.29, 1.82) is 0 Å². The number of carbonyl (C=O) groups excluding carboxylic acids is 1. The van der Waals surface area contributed by atoms with Gasteiger partial charge in [-0.05, 0) is 44.9 Å². The monoisotopic (exact) mass is 329 g/mol. The van der Waals surface area contributed by atoms with Crippen LogP contribution >= 0.6 is 0 Å². The smallest absolute Gasteiger partial charge is 0.228 e. The maximum atomic E-state index is 12.7. The number of carbonyl (C=O) groups is 1. The van der Waals surface area contributed by atoms with E-state index in [2.05, 4.69) is 35.8 Å². The summed E-state index contributed by atoms with van der Waals surface area (Å²) in [6, 6.07) is 8.90. The van der Waals surface area contributed by atoms with Crippen LogP contribution in [0.5, 0.6) is 0 Å². The van der Waals surface area contributed by atoms with Crippen LogP contribution in [0, 0.1) is 6.92 Å². The minimum atomic E-state index is 0.248. The van der Waals surface area contributed by atoms with Gasteiger partial charge in [-0.2, -0.15) is 0 Å². The van der Waals surface area contributed by atoms with Crippen molar-refractivity contribution in [2.45, 2.75) is 45.6 Å². The highest BCUT2D eigenvalue weighted by molar-refractivity contribution is 5.94. The summed E-state index contributed by atoms with van der Waals surface area (Å²) in [7, 11) is 0. The Labute approximate surface area is 146 Å². The second-order valence-corrected chi connectivity index (χ2v) is 7.16. The van der Waals surface area contributed by atoms with E-state index in [0.29, 0.717) is 6.42 Å². The Balaban J connectivity index is 1.54. The molecule has 0 bridgehead atoms. The molecule has 0 unspecified atom stereocenters. The Hall–Kier alpha value is -1.39. The van der Waals surface area contributed by atoms with Crippen LogP contribution in [-0.4, -0.2) is 61.0 Å².